The Morgan fingerprint density at radius 3 is 2.78 bits per heavy atom. The van der Waals surface area contributed by atoms with E-state index in [4.69, 9.17) is 5.84 Å². The van der Waals surface area contributed by atoms with Crippen molar-refractivity contribution in [2.45, 2.75) is 0 Å². The van der Waals surface area contributed by atoms with Crippen LogP contribution in [0.25, 0.3) is 0 Å². The number of hydrazine groups is 1. The van der Waals surface area contributed by atoms with Crippen molar-refractivity contribution in [1.29, 1.82) is 0 Å². The van der Waals surface area contributed by atoms with Gasteiger partial charge in [-0.25, -0.2) is 15.8 Å². The number of nitrogens with zero attached hydrogens (tertiary/aromatic N) is 4. The molecule has 1 heterocycles. The number of hydrogen-bond donors (Lipinski definition) is 3. The average Bonchev–Trinajstić information content (AvgIpc) is 2.37. The molecule has 0 saturated heterocycles. The average molecular weight is 255 g/mol. The lowest BCUT2D eigenvalue weighted by molar-refractivity contribution is -0.383. The Kier molecular flexibility index (Phi) is 4.32. The summed E-state index contributed by atoms with van der Waals surface area (Å²) in [7, 11) is 2.97. The summed E-state index contributed by atoms with van der Waals surface area (Å²) in [4.78, 5) is 30.3. The summed E-state index contributed by atoms with van der Waals surface area (Å²) in [6.07, 6.45) is 1.12. The molecule has 1 aromatic heterocycles. The minimum Gasteiger partial charge on any atom is -0.358 e. The van der Waals surface area contributed by atoms with Crippen LogP contribution in [0.3, 0.4) is 0 Å². The third kappa shape index (κ3) is 2.79. The maximum absolute atomic E-state index is 11.2. The number of anilines is 2. The Labute approximate surface area is 102 Å². The van der Waals surface area contributed by atoms with E-state index < -0.39 is 4.92 Å². The zero-order valence-corrected chi connectivity index (χ0v) is 9.88. The second-order valence-electron chi connectivity index (χ2n) is 3.33. The zero-order chi connectivity index (χ0) is 13.7. The van der Waals surface area contributed by atoms with Crippen molar-refractivity contribution < 1.29 is 9.72 Å². The van der Waals surface area contributed by atoms with E-state index >= 15 is 0 Å². The maximum atomic E-state index is 11.2. The van der Waals surface area contributed by atoms with Crippen LogP contribution in [0.1, 0.15) is 0 Å². The molecule has 1 aromatic rings. The van der Waals surface area contributed by atoms with Crippen molar-refractivity contribution in [2.75, 3.05) is 31.0 Å². The molecule has 1 rings (SSSR count). The third-order valence-corrected chi connectivity index (χ3v) is 2.14. The molecular weight excluding hydrogens is 242 g/mol. The fourth-order valence-corrected chi connectivity index (χ4v) is 1.29. The van der Waals surface area contributed by atoms with Gasteiger partial charge in [-0.2, -0.15) is 0 Å². The molecule has 0 unspecified atom stereocenters. The van der Waals surface area contributed by atoms with Crippen LogP contribution in [0.15, 0.2) is 6.33 Å². The number of nitrogen functional groups attached to an aromatic ring is 1. The van der Waals surface area contributed by atoms with Gasteiger partial charge in [-0.15, -0.1) is 0 Å². The molecule has 0 aliphatic carbocycles. The number of amides is 1. The van der Waals surface area contributed by atoms with Gasteiger partial charge in [0.1, 0.15) is 6.33 Å². The second-order valence-corrected chi connectivity index (χ2v) is 3.33. The Morgan fingerprint density at radius 1 is 1.61 bits per heavy atom. The Balaban J connectivity index is 3.15. The molecule has 0 radical (unpaired) electrons. The first kappa shape index (κ1) is 13.6. The van der Waals surface area contributed by atoms with Gasteiger partial charge in [-0.1, -0.05) is 0 Å². The summed E-state index contributed by atoms with van der Waals surface area (Å²) in [5, 5.41) is 13.4. The molecule has 1 amide bonds. The summed E-state index contributed by atoms with van der Waals surface area (Å²) in [6.45, 7) is -0.0711. The van der Waals surface area contributed by atoms with E-state index in [0.29, 0.717) is 0 Å². The summed E-state index contributed by atoms with van der Waals surface area (Å²) >= 11 is 0. The molecule has 0 atom stereocenters. The Hall–Kier alpha value is -2.49. The minimum atomic E-state index is -0.662. The van der Waals surface area contributed by atoms with Crippen LogP contribution in [0.4, 0.5) is 17.3 Å². The van der Waals surface area contributed by atoms with Crippen LogP contribution in [-0.4, -0.2) is 41.4 Å². The summed E-state index contributed by atoms with van der Waals surface area (Å²) in [6, 6.07) is 0. The highest BCUT2D eigenvalue weighted by Gasteiger charge is 2.25. The van der Waals surface area contributed by atoms with E-state index in [2.05, 4.69) is 20.7 Å². The highest BCUT2D eigenvalue weighted by molar-refractivity contribution is 5.82. The molecule has 10 heteroatoms. The molecule has 0 bridgehead atoms. The van der Waals surface area contributed by atoms with Crippen molar-refractivity contribution in [1.82, 2.24) is 15.3 Å². The summed E-state index contributed by atoms with van der Waals surface area (Å²) < 4.78 is 0. The van der Waals surface area contributed by atoms with E-state index in [0.717, 1.165) is 6.33 Å². The number of carbonyl (C=O) groups is 1. The fourth-order valence-electron chi connectivity index (χ4n) is 1.29. The van der Waals surface area contributed by atoms with E-state index in [-0.39, 0.29) is 29.8 Å². The van der Waals surface area contributed by atoms with Gasteiger partial charge in [0, 0.05) is 14.1 Å². The molecule has 18 heavy (non-hydrogen) atoms. The van der Waals surface area contributed by atoms with Crippen molar-refractivity contribution >= 4 is 23.2 Å². The van der Waals surface area contributed by atoms with E-state index in [1.54, 1.807) is 0 Å². The van der Waals surface area contributed by atoms with Gasteiger partial charge in [-0.05, 0) is 0 Å². The molecular formula is C8H13N7O3. The maximum Gasteiger partial charge on any atom is 0.354 e. The molecule has 0 aliphatic rings. The molecule has 0 fully saturated rings. The quantitative estimate of drug-likeness (QED) is 0.340. The van der Waals surface area contributed by atoms with Gasteiger partial charge >= 0.3 is 5.69 Å². The normalized spacial score (nSPS) is 9.72. The Bertz CT molecular complexity index is 464. The number of nitrogens with one attached hydrogen (secondary N) is 2. The lowest BCUT2D eigenvalue weighted by Gasteiger charge is -2.17. The highest BCUT2D eigenvalue weighted by atomic mass is 16.6. The SMILES string of the molecule is CNC(=O)CN(C)c1ncnc(NN)c1[N+](=O)[O-]. The van der Waals surface area contributed by atoms with Gasteiger partial charge in [0.2, 0.25) is 17.5 Å². The van der Waals surface area contributed by atoms with Crippen LogP contribution in [0.5, 0.6) is 0 Å². The largest absolute Gasteiger partial charge is 0.358 e. The van der Waals surface area contributed by atoms with Crippen LogP contribution < -0.4 is 21.5 Å². The fraction of sp³-hybridized carbons (Fsp3) is 0.375. The predicted molar refractivity (Wildman–Crippen MR) is 63.8 cm³/mol. The molecule has 0 aliphatic heterocycles. The number of aromatic nitrogens is 2. The van der Waals surface area contributed by atoms with Crippen LogP contribution in [0.2, 0.25) is 0 Å². The Morgan fingerprint density at radius 2 is 2.28 bits per heavy atom. The number of nitrogens with two attached hydrogens (primary N) is 1. The number of carbonyl (C=O) groups excluding carboxylic acids is 1. The van der Waals surface area contributed by atoms with Crippen LogP contribution >= 0.6 is 0 Å². The number of nitro groups is 1. The van der Waals surface area contributed by atoms with Crippen molar-refractivity contribution in [3.63, 3.8) is 0 Å². The molecule has 0 spiro atoms. The summed E-state index contributed by atoms with van der Waals surface area (Å²) in [5.74, 6) is 4.73. The van der Waals surface area contributed by atoms with Crippen molar-refractivity contribution in [2.24, 2.45) is 5.84 Å². The molecule has 0 saturated carbocycles. The van der Waals surface area contributed by atoms with Crippen molar-refractivity contribution in [3.8, 4) is 0 Å². The number of rotatable bonds is 5. The lowest BCUT2D eigenvalue weighted by atomic mass is 10.4. The predicted octanol–water partition coefficient (Wildman–Crippen LogP) is -1.15. The third-order valence-electron chi connectivity index (χ3n) is 2.14. The smallest absolute Gasteiger partial charge is 0.354 e. The summed E-state index contributed by atoms with van der Waals surface area (Å²) in [5.41, 5.74) is 1.74. The lowest BCUT2D eigenvalue weighted by Crippen LogP contribution is -2.34. The molecule has 98 valence electrons. The van der Waals surface area contributed by atoms with Gasteiger partial charge in [-0.3, -0.25) is 14.9 Å². The zero-order valence-electron chi connectivity index (χ0n) is 9.88. The number of hydrogen-bond acceptors (Lipinski definition) is 8. The van der Waals surface area contributed by atoms with Crippen molar-refractivity contribution in [3.05, 3.63) is 16.4 Å². The van der Waals surface area contributed by atoms with Crippen LogP contribution in [0, 0.1) is 10.1 Å². The van der Waals surface area contributed by atoms with Crippen LogP contribution in [-0.2, 0) is 4.79 Å². The van der Waals surface area contributed by atoms with Gasteiger partial charge in [0.05, 0.1) is 11.5 Å². The first-order valence-corrected chi connectivity index (χ1v) is 4.89. The van der Waals surface area contributed by atoms with E-state index in [1.165, 1.54) is 19.0 Å². The first-order valence-electron chi connectivity index (χ1n) is 4.89. The molecule has 0 aromatic carbocycles. The molecule has 4 N–H and O–H groups in total. The minimum absolute atomic E-state index is 0.00606. The standard InChI is InChI=1S/C8H13N7O3/c1-10-5(16)3-14(2)8-6(15(17)18)7(13-9)11-4-12-8/h4H,3,9H2,1-2H3,(H,10,16)(H,11,12,13). The highest BCUT2D eigenvalue weighted by Crippen LogP contribution is 2.30. The number of likely N-dealkylation sites (N-methyl/N-ethyl adjacent to an activating group) is 2. The first-order chi connectivity index (χ1) is 8.51. The topological polar surface area (TPSA) is 139 Å². The van der Waals surface area contributed by atoms with Gasteiger partial charge in [0.15, 0.2) is 0 Å². The second kappa shape index (κ2) is 5.72. The van der Waals surface area contributed by atoms with Gasteiger partial charge in [0.25, 0.3) is 0 Å². The monoisotopic (exact) mass is 255 g/mol. The van der Waals surface area contributed by atoms with E-state index in [9.17, 15) is 14.9 Å². The van der Waals surface area contributed by atoms with Gasteiger partial charge < -0.3 is 15.6 Å². The molecule has 10 nitrogen and oxygen atoms in total. The van der Waals surface area contributed by atoms with E-state index in [1.807, 2.05) is 0 Å².